The number of anilines is 2. The van der Waals surface area contributed by atoms with Crippen LogP contribution in [0.2, 0.25) is 5.02 Å². The van der Waals surface area contributed by atoms with Gasteiger partial charge in [0, 0.05) is 50.4 Å². The Labute approximate surface area is 159 Å². The van der Waals surface area contributed by atoms with Crippen molar-refractivity contribution < 1.29 is 8.95 Å². The first kappa shape index (κ1) is 17.5. The predicted molar refractivity (Wildman–Crippen MR) is 102 cm³/mol. The first-order valence-corrected chi connectivity index (χ1v) is 10.5. The Kier molecular flexibility index (Phi) is 4.95. The molecule has 2 aliphatic heterocycles. The van der Waals surface area contributed by atoms with Gasteiger partial charge in [0.05, 0.1) is 26.4 Å². The van der Waals surface area contributed by atoms with E-state index in [9.17, 15) is 4.21 Å². The van der Waals surface area contributed by atoms with Crippen molar-refractivity contribution in [2.24, 2.45) is 0 Å². The maximum atomic E-state index is 12.0. The van der Waals surface area contributed by atoms with E-state index < -0.39 is 10.8 Å². The van der Waals surface area contributed by atoms with E-state index in [1.54, 1.807) is 24.8 Å². The van der Waals surface area contributed by atoms with Gasteiger partial charge in [-0.1, -0.05) is 11.6 Å². The fourth-order valence-electron chi connectivity index (χ4n) is 3.43. The molecule has 9 heteroatoms. The van der Waals surface area contributed by atoms with Crippen molar-refractivity contribution >= 4 is 33.9 Å². The van der Waals surface area contributed by atoms with Gasteiger partial charge in [0.25, 0.3) is 0 Å². The van der Waals surface area contributed by atoms with Crippen LogP contribution >= 0.6 is 11.6 Å². The third-order valence-electron chi connectivity index (χ3n) is 4.74. The zero-order valence-electron chi connectivity index (χ0n) is 14.4. The summed E-state index contributed by atoms with van der Waals surface area (Å²) < 4.78 is 17.9. The van der Waals surface area contributed by atoms with Gasteiger partial charge in [-0.05, 0) is 12.8 Å². The van der Waals surface area contributed by atoms with Crippen LogP contribution in [0.4, 0.5) is 11.5 Å². The van der Waals surface area contributed by atoms with Crippen LogP contribution in [0.5, 0.6) is 5.75 Å². The van der Waals surface area contributed by atoms with Crippen LogP contribution in [0, 0.1) is 0 Å². The molecule has 26 heavy (non-hydrogen) atoms. The van der Waals surface area contributed by atoms with Crippen LogP contribution in [-0.2, 0) is 10.8 Å². The molecule has 0 unspecified atom stereocenters. The van der Waals surface area contributed by atoms with Gasteiger partial charge in [0.1, 0.15) is 12.4 Å². The van der Waals surface area contributed by atoms with Gasteiger partial charge in [0.2, 0.25) is 0 Å². The molecular weight excluding hydrogens is 374 g/mol. The van der Waals surface area contributed by atoms with E-state index in [-0.39, 0.29) is 0 Å². The van der Waals surface area contributed by atoms with Crippen molar-refractivity contribution in [1.82, 2.24) is 15.0 Å². The molecule has 1 saturated heterocycles. The summed E-state index contributed by atoms with van der Waals surface area (Å²) in [5.74, 6) is 2.70. The normalized spacial score (nSPS) is 18.6. The molecule has 0 bridgehead atoms. The van der Waals surface area contributed by atoms with E-state index in [1.807, 2.05) is 0 Å². The van der Waals surface area contributed by atoms with Crippen molar-refractivity contribution in [2.75, 3.05) is 42.7 Å². The number of piperidine rings is 1. The Morgan fingerprint density at radius 1 is 1.23 bits per heavy atom. The molecule has 0 aliphatic carbocycles. The van der Waals surface area contributed by atoms with Gasteiger partial charge in [-0.25, -0.2) is 15.0 Å². The number of fused-ring (bicyclic) bond motifs is 1. The number of rotatable bonds is 3. The lowest BCUT2D eigenvalue weighted by Gasteiger charge is -2.34. The summed E-state index contributed by atoms with van der Waals surface area (Å²) in [6.45, 7) is 2.97. The van der Waals surface area contributed by atoms with Crippen molar-refractivity contribution in [3.8, 4) is 5.75 Å². The zero-order chi connectivity index (χ0) is 18.1. The Bertz CT molecular complexity index is 825. The Balaban J connectivity index is 1.54. The Morgan fingerprint density at radius 2 is 1.96 bits per heavy atom. The molecule has 1 atom stereocenters. The number of pyridine rings is 1. The average Bonchev–Trinajstić information content (AvgIpc) is 2.68. The van der Waals surface area contributed by atoms with Crippen LogP contribution in [0.15, 0.2) is 23.5 Å². The minimum atomic E-state index is -1.12. The summed E-state index contributed by atoms with van der Waals surface area (Å²) in [7, 11) is -1.12. The first-order valence-electron chi connectivity index (χ1n) is 8.59. The summed E-state index contributed by atoms with van der Waals surface area (Å²) in [6, 6.07) is 0. The lowest BCUT2D eigenvalue weighted by atomic mass is 9.96. The quantitative estimate of drug-likeness (QED) is 0.857. The second-order valence-corrected chi connectivity index (χ2v) is 8.18. The smallest absolute Gasteiger partial charge is 0.186 e. The largest absolute Gasteiger partial charge is 0.486 e. The van der Waals surface area contributed by atoms with Crippen molar-refractivity contribution in [3.63, 3.8) is 0 Å². The number of ether oxygens (including phenoxy) is 1. The monoisotopic (exact) mass is 393 g/mol. The molecule has 2 aliphatic rings. The van der Waals surface area contributed by atoms with E-state index in [2.05, 4.69) is 25.2 Å². The number of hydrogen-bond donors (Lipinski definition) is 1. The Morgan fingerprint density at radius 3 is 2.65 bits per heavy atom. The Hall–Kier alpha value is -1.93. The van der Waals surface area contributed by atoms with Crippen LogP contribution in [-0.4, -0.2) is 51.7 Å². The van der Waals surface area contributed by atoms with Gasteiger partial charge in [-0.3, -0.25) is 4.21 Å². The van der Waals surface area contributed by atoms with Crippen molar-refractivity contribution in [3.05, 3.63) is 29.4 Å². The molecule has 0 aromatic carbocycles. The fraction of sp³-hybridized carbons (Fsp3) is 0.471. The van der Waals surface area contributed by atoms with Crippen LogP contribution in [0.3, 0.4) is 0 Å². The highest BCUT2D eigenvalue weighted by Gasteiger charge is 2.28. The maximum Gasteiger partial charge on any atom is 0.186 e. The maximum absolute atomic E-state index is 12.0. The predicted octanol–water partition coefficient (Wildman–Crippen LogP) is 2.45. The lowest BCUT2D eigenvalue weighted by molar-refractivity contribution is 0.319. The minimum Gasteiger partial charge on any atom is -0.486 e. The molecule has 1 N–H and O–H groups in total. The fourth-order valence-corrected chi connectivity index (χ4v) is 4.18. The highest BCUT2D eigenvalue weighted by Crippen LogP contribution is 2.41. The zero-order valence-corrected chi connectivity index (χ0v) is 16.0. The third-order valence-corrected chi connectivity index (χ3v) is 5.86. The van der Waals surface area contributed by atoms with E-state index in [0.717, 1.165) is 43.3 Å². The van der Waals surface area contributed by atoms with Gasteiger partial charge < -0.3 is 15.0 Å². The first-order chi connectivity index (χ1) is 12.6. The number of hydrogen-bond acceptors (Lipinski definition) is 7. The molecule has 4 heterocycles. The SMILES string of the molecule is C[S@](=O)c1cnc(N2CCC(c3ncc(Cl)cn3)CC2)c2c1NCCO2. The molecule has 4 rings (SSSR count). The summed E-state index contributed by atoms with van der Waals surface area (Å²) in [6.07, 6.45) is 8.53. The van der Waals surface area contributed by atoms with E-state index >= 15 is 0 Å². The van der Waals surface area contributed by atoms with Gasteiger partial charge in [-0.15, -0.1) is 0 Å². The van der Waals surface area contributed by atoms with E-state index in [0.29, 0.717) is 34.7 Å². The molecule has 138 valence electrons. The summed E-state index contributed by atoms with van der Waals surface area (Å²) in [5.41, 5.74) is 0.810. The minimum absolute atomic E-state index is 0.320. The van der Waals surface area contributed by atoms with Crippen LogP contribution < -0.4 is 15.0 Å². The summed E-state index contributed by atoms with van der Waals surface area (Å²) in [4.78, 5) is 16.2. The van der Waals surface area contributed by atoms with Gasteiger partial charge in [-0.2, -0.15) is 0 Å². The number of aromatic nitrogens is 3. The number of nitrogens with one attached hydrogen (secondary N) is 1. The molecule has 1 fully saturated rings. The summed E-state index contributed by atoms with van der Waals surface area (Å²) in [5, 5.41) is 3.87. The lowest BCUT2D eigenvalue weighted by Crippen LogP contribution is -2.35. The van der Waals surface area contributed by atoms with Crippen LogP contribution in [0.1, 0.15) is 24.6 Å². The van der Waals surface area contributed by atoms with Gasteiger partial charge >= 0.3 is 0 Å². The topological polar surface area (TPSA) is 80.2 Å². The highest BCUT2D eigenvalue weighted by atomic mass is 35.5. The van der Waals surface area contributed by atoms with E-state index in [4.69, 9.17) is 16.3 Å². The van der Waals surface area contributed by atoms with Crippen molar-refractivity contribution in [2.45, 2.75) is 23.7 Å². The van der Waals surface area contributed by atoms with Crippen molar-refractivity contribution in [1.29, 1.82) is 0 Å². The average molecular weight is 394 g/mol. The number of halogens is 1. The number of nitrogens with zero attached hydrogens (tertiary/aromatic N) is 4. The highest BCUT2D eigenvalue weighted by molar-refractivity contribution is 7.84. The van der Waals surface area contributed by atoms with E-state index in [1.165, 1.54) is 0 Å². The molecule has 0 radical (unpaired) electrons. The molecule has 2 aromatic heterocycles. The molecule has 2 aromatic rings. The third kappa shape index (κ3) is 3.35. The molecule has 0 saturated carbocycles. The molecule has 0 amide bonds. The van der Waals surface area contributed by atoms with Gasteiger partial charge in [0.15, 0.2) is 11.6 Å². The molecule has 7 nitrogen and oxygen atoms in total. The molecule has 0 spiro atoms. The molecular formula is C17H20ClN5O2S. The standard InChI is InChI=1S/C17H20ClN5O2S/c1-26(24)13-10-22-17(15-14(13)19-4-7-25-15)23-5-2-11(3-6-23)16-20-8-12(18)9-21-16/h8-11,19H,2-7H2,1H3/t26-/m0/s1. The summed E-state index contributed by atoms with van der Waals surface area (Å²) >= 11 is 5.87. The second-order valence-electron chi connectivity index (χ2n) is 6.40. The van der Waals surface area contributed by atoms with Crippen LogP contribution in [0.25, 0.3) is 0 Å². The second kappa shape index (κ2) is 7.36.